The van der Waals surface area contributed by atoms with Gasteiger partial charge in [0.05, 0.1) is 11.6 Å². The van der Waals surface area contributed by atoms with Gasteiger partial charge in [-0.25, -0.2) is 4.39 Å². The molecule has 0 radical (unpaired) electrons. The molecule has 2 amide bonds. The van der Waals surface area contributed by atoms with Crippen LogP contribution in [-0.2, 0) is 9.59 Å². The van der Waals surface area contributed by atoms with Gasteiger partial charge in [-0.1, -0.05) is 12.8 Å². The number of amides is 2. The Bertz CT molecular complexity index is 593. The number of halogens is 2. The molecule has 0 heterocycles. The van der Waals surface area contributed by atoms with Crippen LogP contribution in [0.1, 0.15) is 39.5 Å². The van der Waals surface area contributed by atoms with Crippen LogP contribution in [0, 0.1) is 11.7 Å². The first kappa shape index (κ1) is 19.4. The molecular weight excluding hydrogens is 321 g/mol. The highest BCUT2D eigenvalue weighted by Gasteiger charge is 2.37. The monoisotopic (exact) mass is 343 g/mol. The third kappa shape index (κ3) is 4.91. The van der Waals surface area contributed by atoms with Crippen LogP contribution in [0.4, 0.5) is 15.8 Å². The number of rotatable bonds is 3. The number of hydrogen-bond donors (Lipinski definition) is 3. The predicted molar refractivity (Wildman–Crippen MR) is 91.1 cm³/mol. The van der Waals surface area contributed by atoms with Crippen molar-refractivity contribution in [1.82, 2.24) is 0 Å². The molecule has 0 spiro atoms. The zero-order chi connectivity index (χ0) is 16.3. The topological polar surface area (TPSA) is 84.2 Å². The summed E-state index contributed by atoms with van der Waals surface area (Å²) in [5.41, 5.74) is 6.18. The van der Waals surface area contributed by atoms with Crippen molar-refractivity contribution in [3.8, 4) is 0 Å². The van der Waals surface area contributed by atoms with E-state index in [1.807, 2.05) is 6.92 Å². The Morgan fingerprint density at radius 3 is 2.61 bits per heavy atom. The normalized spacial score (nSPS) is 23.6. The number of benzene rings is 1. The van der Waals surface area contributed by atoms with Crippen molar-refractivity contribution in [2.24, 2.45) is 11.7 Å². The van der Waals surface area contributed by atoms with Gasteiger partial charge in [-0.3, -0.25) is 9.59 Å². The number of carbonyl (C=O) groups is 2. The summed E-state index contributed by atoms with van der Waals surface area (Å²) in [5.74, 6) is -1.35. The van der Waals surface area contributed by atoms with Gasteiger partial charge in [0.25, 0.3) is 0 Å². The fourth-order valence-electron chi connectivity index (χ4n) is 2.91. The largest absolute Gasteiger partial charge is 0.326 e. The molecular formula is C16H23ClFN3O2. The molecule has 1 aliphatic rings. The van der Waals surface area contributed by atoms with Gasteiger partial charge in [0, 0.05) is 18.2 Å². The Balaban J connectivity index is 0.00000264. The molecule has 2 rings (SSSR count). The Kier molecular flexibility index (Phi) is 6.53. The average Bonchev–Trinajstić information content (AvgIpc) is 2.41. The molecule has 0 aliphatic heterocycles. The molecule has 7 heteroatoms. The molecule has 0 aromatic heterocycles. The molecule has 1 aromatic rings. The molecule has 2 atom stereocenters. The summed E-state index contributed by atoms with van der Waals surface area (Å²) in [6, 6.07) is 4.09. The lowest BCUT2D eigenvalue weighted by atomic mass is 9.74. The molecule has 23 heavy (non-hydrogen) atoms. The second-order valence-electron chi connectivity index (χ2n) is 6.17. The quantitative estimate of drug-likeness (QED) is 0.788. The van der Waals surface area contributed by atoms with Crippen molar-refractivity contribution >= 4 is 35.6 Å². The van der Waals surface area contributed by atoms with Crippen LogP contribution in [0.3, 0.4) is 0 Å². The van der Waals surface area contributed by atoms with E-state index in [4.69, 9.17) is 5.73 Å². The van der Waals surface area contributed by atoms with Gasteiger partial charge in [-0.15, -0.1) is 12.4 Å². The van der Waals surface area contributed by atoms with Gasteiger partial charge in [0.15, 0.2) is 0 Å². The summed E-state index contributed by atoms with van der Waals surface area (Å²) < 4.78 is 13.6. The maximum Gasteiger partial charge on any atom is 0.229 e. The van der Waals surface area contributed by atoms with E-state index in [-0.39, 0.29) is 35.8 Å². The Morgan fingerprint density at radius 1 is 1.30 bits per heavy atom. The first-order chi connectivity index (χ1) is 10.3. The first-order valence-corrected chi connectivity index (χ1v) is 7.46. The lowest BCUT2D eigenvalue weighted by Crippen LogP contribution is -2.51. The molecule has 1 aromatic carbocycles. The van der Waals surface area contributed by atoms with E-state index in [2.05, 4.69) is 10.6 Å². The molecule has 0 bridgehead atoms. The van der Waals surface area contributed by atoms with Crippen molar-refractivity contribution < 1.29 is 14.0 Å². The number of hydrogen-bond acceptors (Lipinski definition) is 3. The van der Waals surface area contributed by atoms with Crippen molar-refractivity contribution in [3.05, 3.63) is 24.0 Å². The highest BCUT2D eigenvalue weighted by Crippen LogP contribution is 2.32. The highest BCUT2D eigenvalue weighted by atomic mass is 35.5. The second-order valence-corrected chi connectivity index (χ2v) is 6.17. The van der Waals surface area contributed by atoms with Crippen molar-refractivity contribution in [2.45, 2.75) is 45.1 Å². The van der Waals surface area contributed by atoms with E-state index in [9.17, 15) is 14.0 Å². The van der Waals surface area contributed by atoms with Crippen LogP contribution < -0.4 is 16.4 Å². The van der Waals surface area contributed by atoms with Crippen molar-refractivity contribution in [1.29, 1.82) is 0 Å². The molecule has 2 unspecified atom stereocenters. The summed E-state index contributed by atoms with van der Waals surface area (Å²) in [6.45, 7) is 3.19. The third-order valence-corrected chi connectivity index (χ3v) is 4.12. The second kappa shape index (κ2) is 7.75. The maximum absolute atomic E-state index is 13.6. The number of carbonyl (C=O) groups excluding carboxylic acids is 2. The van der Waals surface area contributed by atoms with Crippen molar-refractivity contribution in [3.63, 3.8) is 0 Å². The average molecular weight is 344 g/mol. The summed E-state index contributed by atoms with van der Waals surface area (Å²) in [7, 11) is 0. The standard InChI is InChI=1S/C16H22FN3O2.ClH/c1-10(21)19-14-9-11(6-7-13(14)17)20-15(22)12-5-3-4-8-16(12,2)18;/h6-7,9,12H,3-5,8,18H2,1-2H3,(H,19,21)(H,20,22);1H. The predicted octanol–water partition coefficient (Wildman–Crippen LogP) is 3.05. The molecule has 0 saturated heterocycles. The molecule has 1 aliphatic carbocycles. The Hall–Kier alpha value is -1.66. The van der Waals surface area contributed by atoms with E-state index in [0.29, 0.717) is 5.69 Å². The maximum atomic E-state index is 13.6. The first-order valence-electron chi connectivity index (χ1n) is 7.46. The van der Waals surface area contributed by atoms with Gasteiger partial charge in [-0.05, 0) is 38.0 Å². The molecule has 128 valence electrons. The SMILES string of the molecule is CC(=O)Nc1cc(NC(=O)C2CCCCC2(C)N)ccc1F.Cl. The molecule has 4 N–H and O–H groups in total. The zero-order valence-corrected chi connectivity index (χ0v) is 14.1. The third-order valence-electron chi connectivity index (χ3n) is 4.12. The van der Waals surface area contributed by atoms with E-state index in [1.165, 1.54) is 25.1 Å². The fraction of sp³-hybridized carbons (Fsp3) is 0.500. The van der Waals surface area contributed by atoms with Gasteiger partial charge in [0.1, 0.15) is 5.82 Å². The molecule has 5 nitrogen and oxygen atoms in total. The fourth-order valence-corrected chi connectivity index (χ4v) is 2.91. The van der Waals surface area contributed by atoms with E-state index < -0.39 is 11.4 Å². The van der Waals surface area contributed by atoms with Crippen LogP contribution in [0.2, 0.25) is 0 Å². The van der Waals surface area contributed by atoms with Crippen LogP contribution in [0.5, 0.6) is 0 Å². The summed E-state index contributed by atoms with van der Waals surface area (Å²) in [4.78, 5) is 23.5. The number of anilines is 2. The van der Waals surface area contributed by atoms with E-state index in [1.54, 1.807) is 0 Å². The van der Waals surface area contributed by atoms with Crippen LogP contribution in [0.25, 0.3) is 0 Å². The van der Waals surface area contributed by atoms with Gasteiger partial charge in [-0.2, -0.15) is 0 Å². The highest BCUT2D eigenvalue weighted by molar-refractivity contribution is 5.95. The van der Waals surface area contributed by atoms with Gasteiger partial charge in [0.2, 0.25) is 11.8 Å². The molecule has 1 fully saturated rings. The molecule has 1 saturated carbocycles. The smallest absolute Gasteiger partial charge is 0.229 e. The van der Waals surface area contributed by atoms with E-state index in [0.717, 1.165) is 25.7 Å². The lowest BCUT2D eigenvalue weighted by molar-refractivity contribution is -0.122. The van der Waals surface area contributed by atoms with Crippen LogP contribution in [-0.4, -0.2) is 17.4 Å². The Labute approximate surface area is 141 Å². The van der Waals surface area contributed by atoms with Crippen molar-refractivity contribution in [2.75, 3.05) is 10.6 Å². The number of nitrogens with one attached hydrogen (secondary N) is 2. The van der Waals surface area contributed by atoms with E-state index >= 15 is 0 Å². The minimum absolute atomic E-state index is 0. The zero-order valence-electron chi connectivity index (χ0n) is 13.3. The van der Waals surface area contributed by atoms with Crippen LogP contribution in [0.15, 0.2) is 18.2 Å². The van der Waals surface area contributed by atoms with Crippen LogP contribution >= 0.6 is 12.4 Å². The summed E-state index contributed by atoms with van der Waals surface area (Å²) in [5, 5.41) is 5.16. The number of nitrogens with two attached hydrogens (primary N) is 1. The summed E-state index contributed by atoms with van der Waals surface area (Å²) in [6.07, 6.45) is 3.57. The Morgan fingerprint density at radius 2 is 2.00 bits per heavy atom. The minimum atomic E-state index is -0.547. The van der Waals surface area contributed by atoms with Gasteiger partial charge < -0.3 is 16.4 Å². The lowest BCUT2D eigenvalue weighted by Gasteiger charge is -2.37. The summed E-state index contributed by atoms with van der Waals surface area (Å²) >= 11 is 0. The van der Waals surface area contributed by atoms with Gasteiger partial charge >= 0.3 is 0 Å². The minimum Gasteiger partial charge on any atom is -0.326 e.